The molecule has 0 spiro atoms. The Hall–Kier alpha value is -0.120. The first-order valence-electron chi connectivity index (χ1n) is 4.02. The van der Waals surface area contributed by atoms with E-state index in [0.717, 1.165) is 6.54 Å². The SMILES string of the molecule is CC(C)(C)OCCNCCO. The molecule has 0 rings (SSSR count). The smallest absolute Gasteiger partial charge is 0.0599 e. The Morgan fingerprint density at radius 1 is 1.27 bits per heavy atom. The minimum Gasteiger partial charge on any atom is -0.395 e. The quantitative estimate of drug-likeness (QED) is 0.573. The lowest BCUT2D eigenvalue weighted by Crippen LogP contribution is -2.28. The topological polar surface area (TPSA) is 41.5 Å². The summed E-state index contributed by atoms with van der Waals surface area (Å²) in [6, 6.07) is 0. The van der Waals surface area contributed by atoms with Crippen LogP contribution >= 0.6 is 0 Å². The number of ether oxygens (including phenoxy) is 1. The van der Waals surface area contributed by atoms with E-state index in [4.69, 9.17) is 9.84 Å². The van der Waals surface area contributed by atoms with Crippen molar-refractivity contribution in [2.45, 2.75) is 26.4 Å². The van der Waals surface area contributed by atoms with Crippen LogP contribution in [0.25, 0.3) is 0 Å². The van der Waals surface area contributed by atoms with Crippen LogP contribution in [-0.2, 0) is 4.74 Å². The molecule has 0 aromatic carbocycles. The summed E-state index contributed by atoms with van der Waals surface area (Å²) in [6.07, 6.45) is 0. The molecule has 0 aromatic heterocycles. The standard InChI is InChI=1S/C8H19NO2/c1-8(2,3)11-7-5-9-4-6-10/h9-10H,4-7H2,1-3H3. The Morgan fingerprint density at radius 2 is 1.91 bits per heavy atom. The summed E-state index contributed by atoms with van der Waals surface area (Å²) in [7, 11) is 0. The molecule has 0 aliphatic heterocycles. The molecule has 0 saturated carbocycles. The largest absolute Gasteiger partial charge is 0.395 e. The molecule has 0 amide bonds. The molecule has 0 aliphatic rings. The summed E-state index contributed by atoms with van der Waals surface area (Å²) in [5.74, 6) is 0. The molecule has 0 unspecified atom stereocenters. The van der Waals surface area contributed by atoms with Crippen molar-refractivity contribution in [2.75, 3.05) is 26.3 Å². The van der Waals surface area contributed by atoms with Crippen LogP contribution in [0.2, 0.25) is 0 Å². The van der Waals surface area contributed by atoms with Crippen molar-refractivity contribution in [3.63, 3.8) is 0 Å². The van der Waals surface area contributed by atoms with Gasteiger partial charge in [0.15, 0.2) is 0 Å². The van der Waals surface area contributed by atoms with Crippen LogP contribution in [0.15, 0.2) is 0 Å². The third-order valence-corrected chi connectivity index (χ3v) is 1.10. The lowest BCUT2D eigenvalue weighted by Gasteiger charge is -2.19. The number of aliphatic hydroxyl groups excluding tert-OH is 1. The van der Waals surface area contributed by atoms with E-state index in [9.17, 15) is 0 Å². The zero-order valence-electron chi connectivity index (χ0n) is 7.68. The summed E-state index contributed by atoms with van der Waals surface area (Å²) >= 11 is 0. The van der Waals surface area contributed by atoms with Gasteiger partial charge in [-0.25, -0.2) is 0 Å². The molecule has 0 fully saturated rings. The third kappa shape index (κ3) is 9.88. The fourth-order valence-electron chi connectivity index (χ4n) is 0.633. The van der Waals surface area contributed by atoms with Gasteiger partial charge in [-0.2, -0.15) is 0 Å². The van der Waals surface area contributed by atoms with E-state index in [1.807, 2.05) is 20.8 Å². The normalized spacial score (nSPS) is 12.0. The highest BCUT2D eigenvalue weighted by Gasteiger charge is 2.08. The van der Waals surface area contributed by atoms with Gasteiger partial charge in [0.1, 0.15) is 0 Å². The molecule has 11 heavy (non-hydrogen) atoms. The average molecular weight is 161 g/mol. The summed E-state index contributed by atoms with van der Waals surface area (Å²) in [5, 5.41) is 11.5. The first-order chi connectivity index (χ1) is 5.06. The monoisotopic (exact) mass is 161 g/mol. The first-order valence-corrected chi connectivity index (χ1v) is 4.02. The van der Waals surface area contributed by atoms with Crippen LogP contribution in [0.3, 0.4) is 0 Å². The lowest BCUT2D eigenvalue weighted by molar-refractivity contribution is -0.000963. The fraction of sp³-hybridized carbons (Fsp3) is 1.00. The Kier molecular flexibility index (Phi) is 5.46. The van der Waals surface area contributed by atoms with Crippen LogP contribution < -0.4 is 5.32 Å². The van der Waals surface area contributed by atoms with E-state index in [0.29, 0.717) is 13.2 Å². The highest BCUT2D eigenvalue weighted by Crippen LogP contribution is 2.04. The van der Waals surface area contributed by atoms with Crippen molar-refractivity contribution < 1.29 is 9.84 Å². The molecule has 0 atom stereocenters. The molecule has 2 N–H and O–H groups in total. The maximum Gasteiger partial charge on any atom is 0.0599 e. The van der Waals surface area contributed by atoms with Crippen LogP contribution in [0.4, 0.5) is 0 Å². The molecular weight excluding hydrogens is 142 g/mol. The Morgan fingerprint density at radius 3 is 2.36 bits per heavy atom. The predicted molar refractivity (Wildman–Crippen MR) is 45.7 cm³/mol. The van der Waals surface area contributed by atoms with E-state index in [2.05, 4.69) is 5.32 Å². The Balaban J connectivity index is 3.02. The van der Waals surface area contributed by atoms with Gasteiger partial charge in [-0.1, -0.05) is 0 Å². The molecule has 0 bridgehead atoms. The van der Waals surface area contributed by atoms with Crippen LogP contribution in [0.5, 0.6) is 0 Å². The van der Waals surface area contributed by atoms with Gasteiger partial charge in [0.05, 0.1) is 18.8 Å². The molecular formula is C8H19NO2. The number of rotatable bonds is 5. The summed E-state index contributed by atoms with van der Waals surface area (Å²) < 4.78 is 5.43. The zero-order valence-corrected chi connectivity index (χ0v) is 7.68. The fourth-order valence-corrected chi connectivity index (χ4v) is 0.633. The third-order valence-electron chi connectivity index (χ3n) is 1.10. The summed E-state index contributed by atoms with van der Waals surface area (Å²) in [4.78, 5) is 0. The summed E-state index contributed by atoms with van der Waals surface area (Å²) in [5.41, 5.74) is -0.0547. The molecule has 0 heterocycles. The lowest BCUT2D eigenvalue weighted by atomic mass is 10.2. The molecule has 68 valence electrons. The van der Waals surface area contributed by atoms with E-state index in [-0.39, 0.29) is 12.2 Å². The van der Waals surface area contributed by atoms with Crippen molar-refractivity contribution in [3.8, 4) is 0 Å². The maximum atomic E-state index is 8.42. The second-order valence-electron chi connectivity index (χ2n) is 3.43. The highest BCUT2D eigenvalue weighted by molar-refractivity contribution is 4.58. The van der Waals surface area contributed by atoms with Crippen molar-refractivity contribution >= 4 is 0 Å². The van der Waals surface area contributed by atoms with Crippen LogP contribution in [0.1, 0.15) is 20.8 Å². The highest BCUT2D eigenvalue weighted by atomic mass is 16.5. The van der Waals surface area contributed by atoms with Gasteiger partial charge in [0.25, 0.3) is 0 Å². The number of aliphatic hydroxyl groups is 1. The summed E-state index contributed by atoms with van der Waals surface area (Å²) in [6.45, 7) is 8.42. The Labute approximate surface area is 68.8 Å². The molecule has 0 radical (unpaired) electrons. The van der Waals surface area contributed by atoms with Crippen LogP contribution in [-0.4, -0.2) is 37.0 Å². The van der Waals surface area contributed by atoms with Gasteiger partial charge in [0, 0.05) is 13.1 Å². The van der Waals surface area contributed by atoms with Crippen molar-refractivity contribution in [2.24, 2.45) is 0 Å². The van der Waals surface area contributed by atoms with Gasteiger partial charge >= 0.3 is 0 Å². The van der Waals surface area contributed by atoms with Gasteiger partial charge in [-0.05, 0) is 20.8 Å². The second-order valence-corrected chi connectivity index (χ2v) is 3.43. The first kappa shape index (κ1) is 10.9. The van der Waals surface area contributed by atoms with Gasteiger partial charge in [0.2, 0.25) is 0 Å². The van der Waals surface area contributed by atoms with Crippen molar-refractivity contribution in [1.29, 1.82) is 0 Å². The van der Waals surface area contributed by atoms with E-state index in [1.54, 1.807) is 0 Å². The van der Waals surface area contributed by atoms with Crippen LogP contribution in [0, 0.1) is 0 Å². The number of hydrogen-bond donors (Lipinski definition) is 2. The van der Waals surface area contributed by atoms with Crippen molar-refractivity contribution in [1.82, 2.24) is 5.32 Å². The van der Waals surface area contributed by atoms with E-state index >= 15 is 0 Å². The minimum atomic E-state index is -0.0547. The minimum absolute atomic E-state index is 0.0547. The molecule has 3 heteroatoms. The van der Waals surface area contributed by atoms with E-state index < -0.39 is 0 Å². The average Bonchev–Trinajstić information content (AvgIpc) is 1.85. The number of hydrogen-bond acceptors (Lipinski definition) is 3. The van der Waals surface area contributed by atoms with Gasteiger partial charge < -0.3 is 15.2 Å². The molecule has 3 nitrogen and oxygen atoms in total. The van der Waals surface area contributed by atoms with Crippen molar-refractivity contribution in [3.05, 3.63) is 0 Å². The molecule has 0 aliphatic carbocycles. The molecule has 0 saturated heterocycles. The van der Waals surface area contributed by atoms with E-state index in [1.165, 1.54) is 0 Å². The predicted octanol–water partition coefficient (Wildman–Crippen LogP) is 0.383. The second kappa shape index (κ2) is 5.52. The number of nitrogens with one attached hydrogen (secondary N) is 1. The zero-order chi connectivity index (χ0) is 8.74. The Bertz CT molecular complexity index is 88.6. The molecule has 0 aromatic rings. The van der Waals surface area contributed by atoms with Gasteiger partial charge in [-0.15, -0.1) is 0 Å². The van der Waals surface area contributed by atoms with Gasteiger partial charge in [-0.3, -0.25) is 0 Å². The maximum absolute atomic E-state index is 8.42.